The zero-order valence-electron chi connectivity index (χ0n) is 11.2. The average molecular weight is 268 g/mol. The molecule has 1 aliphatic heterocycles. The molecule has 3 nitrogen and oxygen atoms in total. The van der Waals surface area contributed by atoms with Gasteiger partial charge in [-0.05, 0) is 24.3 Å². The maximum Gasteiger partial charge on any atom is 0.257 e. The van der Waals surface area contributed by atoms with E-state index in [9.17, 15) is 13.6 Å². The van der Waals surface area contributed by atoms with E-state index in [1.165, 1.54) is 6.07 Å². The van der Waals surface area contributed by atoms with Crippen molar-refractivity contribution in [1.82, 2.24) is 9.88 Å². The van der Waals surface area contributed by atoms with Crippen LogP contribution in [0.15, 0.2) is 12.3 Å². The predicted octanol–water partition coefficient (Wildman–Crippen LogP) is 3.01. The fraction of sp³-hybridized carbons (Fsp3) is 0.571. The van der Waals surface area contributed by atoms with Gasteiger partial charge < -0.3 is 4.90 Å². The summed E-state index contributed by atoms with van der Waals surface area (Å²) >= 11 is 0. The highest BCUT2D eigenvalue weighted by Crippen LogP contribution is 2.34. The molecule has 0 aromatic carbocycles. The minimum absolute atomic E-state index is 0.229. The van der Waals surface area contributed by atoms with E-state index in [-0.39, 0.29) is 11.0 Å². The van der Waals surface area contributed by atoms with Gasteiger partial charge in [0.05, 0.1) is 5.56 Å². The summed E-state index contributed by atoms with van der Waals surface area (Å²) in [4.78, 5) is 16.9. The van der Waals surface area contributed by atoms with Crippen LogP contribution < -0.4 is 0 Å². The molecule has 1 fully saturated rings. The fourth-order valence-corrected chi connectivity index (χ4v) is 2.36. The zero-order chi connectivity index (χ0) is 14.0. The lowest BCUT2D eigenvalue weighted by Gasteiger charge is -2.38. The molecule has 0 atom stereocenters. The molecule has 1 aromatic rings. The summed E-state index contributed by atoms with van der Waals surface area (Å²) in [6.45, 7) is 5.51. The van der Waals surface area contributed by atoms with Crippen LogP contribution in [0.5, 0.6) is 0 Å². The normalized spacial score (nSPS) is 18.4. The molecule has 104 valence electrons. The third-order valence-electron chi connectivity index (χ3n) is 4.19. The first-order valence-corrected chi connectivity index (χ1v) is 6.56. The van der Waals surface area contributed by atoms with E-state index in [2.05, 4.69) is 18.8 Å². The van der Waals surface area contributed by atoms with Crippen LogP contribution >= 0.6 is 0 Å². The van der Waals surface area contributed by atoms with Gasteiger partial charge in [0, 0.05) is 19.3 Å². The highest BCUT2D eigenvalue weighted by Gasteiger charge is 2.31. The molecule has 0 radical (unpaired) electrons. The number of likely N-dealkylation sites (tertiary alicyclic amines) is 1. The molecule has 1 aromatic heterocycles. The Morgan fingerprint density at radius 2 is 2.05 bits per heavy atom. The Kier molecular flexibility index (Phi) is 3.83. The summed E-state index contributed by atoms with van der Waals surface area (Å²) in [7, 11) is 0. The second kappa shape index (κ2) is 5.23. The van der Waals surface area contributed by atoms with Crippen LogP contribution in [0.3, 0.4) is 0 Å². The van der Waals surface area contributed by atoms with Gasteiger partial charge in [0.1, 0.15) is 0 Å². The van der Waals surface area contributed by atoms with Crippen LogP contribution in [-0.2, 0) is 0 Å². The highest BCUT2D eigenvalue weighted by molar-refractivity contribution is 5.94. The van der Waals surface area contributed by atoms with Crippen molar-refractivity contribution in [3.05, 3.63) is 29.6 Å². The van der Waals surface area contributed by atoms with Crippen molar-refractivity contribution in [3.63, 3.8) is 0 Å². The number of rotatable bonds is 2. The number of nitrogens with zero attached hydrogens (tertiary/aromatic N) is 2. The Bertz CT molecular complexity index is 482. The number of carbonyl (C=O) groups excluding carboxylic acids is 1. The molecule has 2 rings (SSSR count). The Hall–Kier alpha value is -1.52. The minimum Gasteiger partial charge on any atom is -0.339 e. The summed E-state index contributed by atoms with van der Waals surface area (Å²) in [5, 5.41) is 0. The van der Waals surface area contributed by atoms with E-state index < -0.39 is 17.7 Å². The fourth-order valence-electron chi connectivity index (χ4n) is 2.36. The SMILES string of the molecule is CCC1(C)CCN(C(=O)c2ccnc(F)c2F)CC1. The third-order valence-corrected chi connectivity index (χ3v) is 4.19. The largest absolute Gasteiger partial charge is 0.339 e. The Balaban J connectivity index is 2.12. The van der Waals surface area contributed by atoms with Crippen molar-refractivity contribution in [1.29, 1.82) is 0 Å². The summed E-state index contributed by atoms with van der Waals surface area (Å²) in [6.07, 6.45) is 3.97. The third kappa shape index (κ3) is 2.74. The van der Waals surface area contributed by atoms with Crippen LogP contribution in [0, 0.1) is 17.2 Å². The number of hydrogen-bond acceptors (Lipinski definition) is 2. The molecule has 5 heteroatoms. The molecule has 2 heterocycles. The number of aromatic nitrogens is 1. The quantitative estimate of drug-likeness (QED) is 0.772. The minimum atomic E-state index is -1.22. The zero-order valence-corrected chi connectivity index (χ0v) is 11.2. The first-order chi connectivity index (χ1) is 8.97. The van der Waals surface area contributed by atoms with Crippen LogP contribution in [0.25, 0.3) is 0 Å². The lowest BCUT2D eigenvalue weighted by Crippen LogP contribution is -2.42. The molecule has 0 spiro atoms. The van der Waals surface area contributed by atoms with Gasteiger partial charge in [0.2, 0.25) is 5.95 Å². The van der Waals surface area contributed by atoms with Crippen LogP contribution in [-0.4, -0.2) is 28.9 Å². The molecule has 0 bridgehead atoms. The number of halogens is 2. The van der Waals surface area contributed by atoms with Gasteiger partial charge in [-0.25, -0.2) is 9.37 Å². The smallest absolute Gasteiger partial charge is 0.257 e. The van der Waals surface area contributed by atoms with Gasteiger partial charge in [-0.1, -0.05) is 20.3 Å². The summed E-state index contributed by atoms with van der Waals surface area (Å²) in [5.41, 5.74) is 0.0198. The molecule has 1 amide bonds. The molecular weight excluding hydrogens is 250 g/mol. The van der Waals surface area contributed by atoms with Crippen LogP contribution in [0.4, 0.5) is 8.78 Å². The molecule has 0 aliphatic carbocycles. The lowest BCUT2D eigenvalue weighted by molar-refractivity contribution is 0.0594. The van der Waals surface area contributed by atoms with E-state index in [4.69, 9.17) is 0 Å². The molecule has 19 heavy (non-hydrogen) atoms. The van der Waals surface area contributed by atoms with Crippen molar-refractivity contribution in [3.8, 4) is 0 Å². The van der Waals surface area contributed by atoms with Gasteiger partial charge in [-0.3, -0.25) is 4.79 Å². The molecule has 1 aliphatic rings. The van der Waals surface area contributed by atoms with Crippen molar-refractivity contribution in [2.75, 3.05) is 13.1 Å². The molecule has 0 N–H and O–H groups in total. The first kappa shape index (κ1) is 13.9. The Morgan fingerprint density at radius 3 is 2.63 bits per heavy atom. The van der Waals surface area contributed by atoms with Crippen molar-refractivity contribution in [2.45, 2.75) is 33.1 Å². The second-order valence-corrected chi connectivity index (χ2v) is 5.42. The monoisotopic (exact) mass is 268 g/mol. The van der Waals surface area contributed by atoms with E-state index in [1.807, 2.05) is 0 Å². The van der Waals surface area contributed by atoms with Crippen LogP contribution in [0.1, 0.15) is 43.5 Å². The average Bonchev–Trinajstić information content (AvgIpc) is 2.42. The number of pyridine rings is 1. The van der Waals surface area contributed by atoms with Gasteiger partial charge in [0.25, 0.3) is 5.91 Å². The summed E-state index contributed by atoms with van der Waals surface area (Å²) in [6, 6.07) is 1.23. The second-order valence-electron chi connectivity index (χ2n) is 5.42. The maximum absolute atomic E-state index is 13.5. The van der Waals surface area contributed by atoms with Crippen LogP contribution in [0.2, 0.25) is 0 Å². The van der Waals surface area contributed by atoms with Gasteiger partial charge in [0.15, 0.2) is 5.82 Å². The molecule has 1 saturated heterocycles. The van der Waals surface area contributed by atoms with Gasteiger partial charge >= 0.3 is 0 Å². The number of amides is 1. The van der Waals surface area contributed by atoms with E-state index in [0.29, 0.717) is 13.1 Å². The van der Waals surface area contributed by atoms with Crippen molar-refractivity contribution >= 4 is 5.91 Å². The van der Waals surface area contributed by atoms with Gasteiger partial charge in [-0.2, -0.15) is 4.39 Å². The Morgan fingerprint density at radius 1 is 1.42 bits per heavy atom. The van der Waals surface area contributed by atoms with Gasteiger partial charge in [-0.15, -0.1) is 0 Å². The van der Waals surface area contributed by atoms with Crippen molar-refractivity contribution < 1.29 is 13.6 Å². The predicted molar refractivity (Wildman–Crippen MR) is 67.7 cm³/mol. The number of piperidine rings is 1. The lowest BCUT2D eigenvalue weighted by atomic mass is 9.78. The Labute approximate surface area is 111 Å². The van der Waals surface area contributed by atoms with E-state index in [0.717, 1.165) is 25.5 Å². The summed E-state index contributed by atoms with van der Waals surface area (Å²) < 4.78 is 26.6. The van der Waals surface area contributed by atoms with Crippen molar-refractivity contribution in [2.24, 2.45) is 5.41 Å². The maximum atomic E-state index is 13.5. The number of carbonyl (C=O) groups is 1. The molecular formula is C14H18F2N2O. The molecule has 0 unspecified atom stereocenters. The number of hydrogen-bond donors (Lipinski definition) is 0. The van der Waals surface area contributed by atoms with E-state index in [1.54, 1.807) is 4.90 Å². The summed E-state index contributed by atoms with van der Waals surface area (Å²) in [5.74, 6) is -2.82. The highest BCUT2D eigenvalue weighted by atomic mass is 19.2. The standard InChI is InChI=1S/C14H18F2N2O/c1-3-14(2)5-8-18(9-6-14)13(19)10-4-7-17-12(16)11(10)15/h4,7H,3,5-6,8-9H2,1-2H3. The first-order valence-electron chi connectivity index (χ1n) is 6.56. The van der Waals surface area contributed by atoms with E-state index >= 15 is 0 Å². The molecule has 0 saturated carbocycles. The topological polar surface area (TPSA) is 33.2 Å².